The van der Waals surface area contributed by atoms with Crippen molar-refractivity contribution < 1.29 is 8.42 Å². The third-order valence-electron chi connectivity index (χ3n) is 2.04. The summed E-state index contributed by atoms with van der Waals surface area (Å²) in [4.78, 5) is 0. The van der Waals surface area contributed by atoms with Crippen molar-refractivity contribution in [3.63, 3.8) is 0 Å². The average Bonchev–Trinajstić information content (AvgIpc) is 1.97. The van der Waals surface area contributed by atoms with Crippen LogP contribution in [0.2, 0.25) is 0 Å². The molecule has 0 amide bonds. The van der Waals surface area contributed by atoms with Crippen LogP contribution in [-0.2, 0) is 10.0 Å². The maximum absolute atomic E-state index is 11.7. The van der Waals surface area contributed by atoms with Crippen LogP contribution >= 0.6 is 0 Å². The predicted octanol–water partition coefficient (Wildman–Crippen LogP) is 1.95. The first kappa shape index (κ1) is 13.9. The molecule has 0 radical (unpaired) electrons. The summed E-state index contributed by atoms with van der Waals surface area (Å²) in [7, 11) is -1.36. The molecule has 0 saturated carbocycles. The molecular weight excluding hydrogens is 198 g/mol. The molecule has 0 aromatic heterocycles. The van der Waals surface area contributed by atoms with Gasteiger partial charge in [0.2, 0.25) is 10.0 Å². The summed E-state index contributed by atoms with van der Waals surface area (Å²) in [5.41, 5.74) is 0. The minimum absolute atomic E-state index is 0.196. The van der Waals surface area contributed by atoms with Crippen molar-refractivity contribution in [2.24, 2.45) is 11.8 Å². The number of nitrogens with zero attached hydrogens (tertiary/aromatic N) is 1. The van der Waals surface area contributed by atoms with Crippen LogP contribution in [-0.4, -0.2) is 32.1 Å². The van der Waals surface area contributed by atoms with E-state index in [1.165, 1.54) is 4.31 Å². The first-order valence-corrected chi connectivity index (χ1v) is 6.80. The standard InChI is InChI=1S/C10H23NO2S/c1-9(2)6-7-11(5)14(12,13)8-10(3)4/h9-10H,6-8H2,1-5H3. The summed E-state index contributed by atoms with van der Waals surface area (Å²) < 4.78 is 24.8. The lowest BCUT2D eigenvalue weighted by Gasteiger charge is -2.19. The highest BCUT2D eigenvalue weighted by Gasteiger charge is 2.18. The molecule has 0 aliphatic carbocycles. The van der Waals surface area contributed by atoms with Gasteiger partial charge < -0.3 is 0 Å². The second kappa shape index (κ2) is 5.71. The molecule has 86 valence electrons. The van der Waals surface area contributed by atoms with E-state index < -0.39 is 10.0 Å². The van der Waals surface area contributed by atoms with E-state index in [9.17, 15) is 8.42 Å². The smallest absolute Gasteiger partial charge is 0.212 e. The molecule has 0 aromatic carbocycles. The first-order chi connectivity index (χ1) is 6.25. The van der Waals surface area contributed by atoms with Crippen LogP contribution in [0.3, 0.4) is 0 Å². The Balaban J connectivity index is 4.15. The zero-order valence-corrected chi connectivity index (χ0v) is 10.8. The SMILES string of the molecule is CC(C)CCN(C)S(=O)(=O)CC(C)C. The molecule has 3 nitrogen and oxygen atoms in total. The monoisotopic (exact) mass is 221 g/mol. The molecule has 0 fully saturated rings. The molecule has 0 atom stereocenters. The summed E-state index contributed by atoms with van der Waals surface area (Å²) in [6.07, 6.45) is 0.924. The Morgan fingerprint density at radius 1 is 1.07 bits per heavy atom. The Bertz CT molecular complexity index is 245. The van der Waals surface area contributed by atoms with Crippen molar-refractivity contribution in [2.45, 2.75) is 34.1 Å². The van der Waals surface area contributed by atoms with Gasteiger partial charge in [-0.2, -0.15) is 0 Å². The van der Waals surface area contributed by atoms with E-state index in [-0.39, 0.29) is 11.7 Å². The molecule has 0 rings (SSSR count). The summed E-state index contributed by atoms with van der Waals surface area (Å²) in [6, 6.07) is 0. The van der Waals surface area contributed by atoms with Gasteiger partial charge in [0.15, 0.2) is 0 Å². The maximum Gasteiger partial charge on any atom is 0.214 e. The molecule has 0 aliphatic heterocycles. The van der Waals surface area contributed by atoms with E-state index in [0.717, 1.165) is 6.42 Å². The van der Waals surface area contributed by atoms with Gasteiger partial charge in [-0.3, -0.25) is 0 Å². The number of sulfonamides is 1. The lowest BCUT2D eigenvalue weighted by Crippen LogP contribution is -2.32. The summed E-state index contributed by atoms with van der Waals surface area (Å²) in [5.74, 6) is 0.995. The minimum Gasteiger partial charge on any atom is -0.212 e. The molecule has 0 saturated heterocycles. The van der Waals surface area contributed by atoms with Crippen LogP contribution < -0.4 is 0 Å². The third kappa shape index (κ3) is 5.60. The van der Waals surface area contributed by atoms with Crippen LogP contribution in [0.25, 0.3) is 0 Å². The lowest BCUT2D eigenvalue weighted by atomic mass is 10.1. The van der Waals surface area contributed by atoms with Crippen molar-refractivity contribution in [1.29, 1.82) is 0 Å². The van der Waals surface area contributed by atoms with Gasteiger partial charge in [0.05, 0.1) is 5.75 Å². The highest BCUT2D eigenvalue weighted by Crippen LogP contribution is 2.08. The summed E-state index contributed by atoms with van der Waals surface area (Å²) in [5, 5.41) is 0. The van der Waals surface area contributed by atoms with Crippen molar-refractivity contribution in [3.05, 3.63) is 0 Å². The normalized spacial score (nSPS) is 13.1. The summed E-state index contributed by atoms with van der Waals surface area (Å²) in [6.45, 7) is 8.68. The minimum atomic E-state index is -3.02. The Labute approximate surface area is 88.5 Å². The molecule has 0 unspecified atom stereocenters. The lowest BCUT2D eigenvalue weighted by molar-refractivity contribution is 0.424. The highest BCUT2D eigenvalue weighted by molar-refractivity contribution is 7.89. The molecule has 0 spiro atoms. The van der Waals surface area contributed by atoms with Crippen LogP contribution in [0.4, 0.5) is 0 Å². The molecular formula is C10H23NO2S. The second-order valence-corrected chi connectivity index (χ2v) is 6.80. The van der Waals surface area contributed by atoms with Crippen LogP contribution in [0.1, 0.15) is 34.1 Å². The quantitative estimate of drug-likeness (QED) is 0.687. The van der Waals surface area contributed by atoms with Crippen LogP contribution in [0.15, 0.2) is 0 Å². The molecule has 0 N–H and O–H groups in total. The van der Waals surface area contributed by atoms with Crippen molar-refractivity contribution in [3.8, 4) is 0 Å². The Hall–Kier alpha value is -0.0900. The zero-order chi connectivity index (χ0) is 11.4. The Morgan fingerprint density at radius 3 is 1.93 bits per heavy atom. The van der Waals surface area contributed by atoms with Gasteiger partial charge in [0.25, 0.3) is 0 Å². The van der Waals surface area contributed by atoms with Gasteiger partial charge in [-0.1, -0.05) is 27.7 Å². The van der Waals surface area contributed by atoms with Crippen molar-refractivity contribution >= 4 is 10.0 Å². The molecule has 0 bridgehead atoms. The fraction of sp³-hybridized carbons (Fsp3) is 1.00. The number of rotatable bonds is 6. The van der Waals surface area contributed by atoms with E-state index in [2.05, 4.69) is 13.8 Å². The van der Waals surface area contributed by atoms with E-state index >= 15 is 0 Å². The van der Waals surface area contributed by atoms with Crippen molar-refractivity contribution in [1.82, 2.24) is 4.31 Å². The molecule has 0 heterocycles. The molecule has 0 aliphatic rings. The number of hydrogen-bond donors (Lipinski definition) is 0. The highest BCUT2D eigenvalue weighted by atomic mass is 32.2. The van der Waals surface area contributed by atoms with Crippen LogP contribution in [0.5, 0.6) is 0 Å². The van der Waals surface area contributed by atoms with Gasteiger partial charge in [-0.05, 0) is 18.3 Å². The van der Waals surface area contributed by atoms with Gasteiger partial charge in [-0.25, -0.2) is 12.7 Å². The van der Waals surface area contributed by atoms with Crippen molar-refractivity contribution in [2.75, 3.05) is 19.3 Å². The molecule has 4 heteroatoms. The van der Waals surface area contributed by atoms with Gasteiger partial charge in [0.1, 0.15) is 0 Å². The molecule has 0 aromatic rings. The third-order valence-corrected chi connectivity index (χ3v) is 4.26. The van der Waals surface area contributed by atoms with Gasteiger partial charge in [-0.15, -0.1) is 0 Å². The fourth-order valence-electron chi connectivity index (χ4n) is 1.13. The van der Waals surface area contributed by atoms with E-state index in [4.69, 9.17) is 0 Å². The van der Waals surface area contributed by atoms with Gasteiger partial charge >= 0.3 is 0 Å². The zero-order valence-electron chi connectivity index (χ0n) is 9.95. The second-order valence-electron chi connectivity index (χ2n) is 4.68. The Morgan fingerprint density at radius 2 is 1.57 bits per heavy atom. The predicted molar refractivity (Wildman–Crippen MR) is 60.7 cm³/mol. The first-order valence-electron chi connectivity index (χ1n) is 5.19. The molecule has 14 heavy (non-hydrogen) atoms. The average molecular weight is 221 g/mol. The summed E-state index contributed by atoms with van der Waals surface area (Å²) >= 11 is 0. The van der Waals surface area contributed by atoms with Crippen LogP contribution in [0, 0.1) is 11.8 Å². The Kier molecular flexibility index (Phi) is 5.67. The fourth-order valence-corrected chi connectivity index (χ4v) is 2.61. The topological polar surface area (TPSA) is 37.4 Å². The number of hydrogen-bond acceptors (Lipinski definition) is 2. The maximum atomic E-state index is 11.7. The van der Waals surface area contributed by atoms with E-state index in [0.29, 0.717) is 12.5 Å². The van der Waals surface area contributed by atoms with E-state index in [1.54, 1.807) is 7.05 Å². The van der Waals surface area contributed by atoms with E-state index in [1.807, 2.05) is 13.8 Å². The van der Waals surface area contributed by atoms with Gasteiger partial charge in [0, 0.05) is 13.6 Å². The largest absolute Gasteiger partial charge is 0.214 e.